The Balaban J connectivity index is 2.26. The first kappa shape index (κ1) is 14.0. The predicted molar refractivity (Wildman–Crippen MR) is 72.7 cm³/mol. The second-order valence-corrected chi connectivity index (χ2v) is 4.40. The Hall–Kier alpha value is -2.43. The number of ketones is 1. The first-order valence-electron chi connectivity index (χ1n) is 6.05. The molecule has 104 valence electrons. The van der Waals surface area contributed by atoms with E-state index in [0.717, 1.165) is 6.07 Å². The highest BCUT2D eigenvalue weighted by atomic mass is 19.1. The number of benzene rings is 1. The lowest BCUT2D eigenvalue weighted by Gasteiger charge is -2.07. The number of hydrogen-bond donors (Lipinski definition) is 0. The molecule has 0 spiro atoms. The minimum absolute atomic E-state index is 0.0780. The highest BCUT2D eigenvalue weighted by Gasteiger charge is 2.11. The van der Waals surface area contributed by atoms with E-state index in [1.54, 1.807) is 19.1 Å². The molecule has 0 N–H and O–H groups in total. The number of methoxy groups -OCH3 is 1. The van der Waals surface area contributed by atoms with Crippen LogP contribution < -0.4 is 10.3 Å². The second kappa shape index (κ2) is 5.69. The van der Waals surface area contributed by atoms with Gasteiger partial charge < -0.3 is 9.30 Å². The fourth-order valence-corrected chi connectivity index (χ4v) is 1.87. The Morgan fingerprint density at radius 2 is 2.10 bits per heavy atom. The van der Waals surface area contributed by atoms with Gasteiger partial charge in [-0.25, -0.2) is 4.39 Å². The van der Waals surface area contributed by atoms with Gasteiger partial charge in [0, 0.05) is 17.3 Å². The molecule has 0 aliphatic heterocycles. The minimum atomic E-state index is -0.602. The minimum Gasteiger partial charge on any atom is -0.494 e. The molecule has 0 radical (unpaired) electrons. The summed E-state index contributed by atoms with van der Waals surface area (Å²) >= 11 is 0. The molecule has 0 unspecified atom stereocenters. The molecule has 20 heavy (non-hydrogen) atoms. The Labute approximate surface area is 115 Å². The molecule has 1 aromatic carbocycles. The molecule has 1 heterocycles. The zero-order valence-electron chi connectivity index (χ0n) is 11.2. The van der Waals surface area contributed by atoms with Crippen LogP contribution in [0.2, 0.25) is 0 Å². The molecule has 0 atom stereocenters. The van der Waals surface area contributed by atoms with Crippen molar-refractivity contribution in [1.82, 2.24) is 4.57 Å². The summed E-state index contributed by atoms with van der Waals surface area (Å²) in [5.41, 5.74) is 0.535. The van der Waals surface area contributed by atoms with Gasteiger partial charge in [0.05, 0.1) is 13.7 Å². The smallest absolute Gasteiger partial charge is 0.253 e. The Morgan fingerprint density at radius 1 is 1.35 bits per heavy atom. The van der Waals surface area contributed by atoms with E-state index in [9.17, 15) is 14.0 Å². The van der Waals surface area contributed by atoms with E-state index in [1.165, 1.54) is 30.0 Å². The number of halogens is 1. The number of carbonyl (C=O) groups excluding carboxylic acids is 1. The van der Waals surface area contributed by atoms with E-state index in [4.69, 9.17) is 4.74 Å². The van der Waals surface area contributed by atoms with Crippen molar-refractivity contribution < 1.29 is 13.9 Å². The third-order valence-electron chi connectivity index (χ3n) is 3.00. The molecule has 1 aromatic heterocycles. The van der Waals surface area contributed by atoms with Crippen molar-refractivity contribution in [1.29, 1.82) is 0 Å². The first-order valence-corrected chi connectivity index (χ1v) is 6.05. The number of nitrogens with zero attached hydrogens (tertiary/aromatic N) is 1. The number of carbonyl (C=O) groups is 1. The predicted octanol–water partition coefficient (Wildman–Crippen LogP) is 2.19. The van der Waals surface area contributed by atoms with Gasteiger partial charge in [-0.3, -0.25) is 9.59 Å². The van der Waals surface area contributed by atoms with Gasteiger partial charge in [0.15, 0.2) is 17.3 Å². The Kier molecular flexibility index (Phi) is 3.98. The molecular formula is C15H14FNO3. The molecule has 0 bridgehead atoms. The summed E-state index contributed by atoms with van der Waals surface area (Å²) in [6, 6.07) is 7.35. The van der Waals surface area contributed by atoms with Gasteiger partial charge in [-0.1, -0.05) is 6.07 Å². The van der Waals surface area contributed by atoms with E-state index >= 15 is 0 Å². The van der Waals surface area contributed by atoms with Gasteiger partial charge >= 0.3 is 0 Å². The van der Waals surface area contributed by atoms with Crippen molar-refractivity contribution >= 4 is 5.78 Å². The number of pyridine rings is 1. The lowest BCUT2D eigenvalue weighted by molar-refractivity contribution is 0.0970. The molecule has 2 rings (SSSR count). The van der Waals surface area contributed by atoms with Crippen molar-refractivity contribution in [2.45, 2.75) is 13.5 Å². The van der Waals surface area contributed by atoms with Gasteiger partial charge in [-0.15, -0.1) is 0 Å². The van der Waals surface area contributed by atoms with Crippen molar-refractivity contribution in [2.75, 3.05) is 7.11 Å². The number of rotatable bonds is 4. The van der Waals surface area contributed by atoms with Crippen LogP contribution in [0.4, 0.5) is 4.39 Å². The van der Waals surface area contributed by atoms with Crippen LogP contribution >= 0.6 is 0 Å². The molecule has 0 saturated carbocycles. The quantitative estimate of drug-likeness (QED) is 0.804. The third kappa shape index (κ3) is 2.77. The number of Topliss-reactive ketones (excluding diaryl/α,β-unsaturated/α-hetero) is 1. The molecule has 5 heteroatoms. The van der Waals surface area contributed by atoms with E-state index in [1.807, 2.05) is 0 Å². The van der Waals surface area contributed by atoms with Crippen LogP contribution in [0.15, 0.2) is 41.3 Å². The van der Waals surface area contributed by atoms with Gasteiger partial charge in [0.25, 0.3) is 5.56 Å². The Morgan fingerprint density at radius 3 is 2.75 bits per heavy atom. The lowest BCUT2D eigenvalue weighted by atomic mass is 10.1. The largest absolute Gasteiger partial charge is 0.494 e. The maximum Gasteiger partial charge on any atom is 0.253 e. The molecule has 0 amide bonds. The zero-order valence-corrected chi connectivity index (χ0v) is 11.2. The summed E-state index contributed by atoms with van der Waals surface area (Å²) in [6.07, 6.45) is 1.53. The second-order valence-electron chi connectivity index (χ2n) is 4.40. The summed E-state index contributed by atoms with van der Waals surface area (Å²) in [4.78, 5) is 23.9. The summed E-state index contributed by atoms with van der Waals surface area (Å²) in [5.74, 6) is -0.858. The van der Waals surface area contributed by atoms with Crippen molar-refractivity contribution in [3.8, 4) is 5.75 Å². The SMILES string of the molecule is COc1ccc(C(=O)Cn2cccc(C)c2=O)cc1F. The van der Waals surface area contributed by atoms with Crippen LogP contribution in [0.25, 0.3) is 0 Å². The normalized spacial score (nSPS) is 10.3. The fourth-order valence-electron chi connectivity index (χ4n) is 1.87. The van der Waals surface area contributed by atoms with Crippen molar-refractivity contribution in [3.05, 3.63) is 63.8 Å². The summed E-state index contributed by atoms with van der Waals surface area (Å²) < 4.78 is 19.6. The topological polar surface area (TPSA) is 48.3 Å². The number of hydrogen-bond acceptors (Lipinski definition) is 3. The van der Waals surface area contributed by atoms with Crippen LogP contribution in [0.3, 0.4) is 0 Å². The number of aromatic nitrogens is 1. The molecule has 0 aliphatic carbocycles. The molecule has 2 aromatic rings. The van der Waals surface area contributed by atoms with Gasteiger partial charge in [0.1, 0.15) is 0 Å². The van der Waals surface area contributed by atoms with Crippen LogP contribution in [-0.4, -0.2) is 17.5 Å². The van der Waals surface area contributed by atoms with Crippen LogP contribution in [0.1, 0.15) is 15.9 Å². The van der Waals surface area contributed by atoms with Gasteiger partial charge in [-0.05, 0) is 31.2 Å². The lowest BCUT2D eigenvalue weighted by Crippen LogP contribution is -2.25. The van der Waals surface area contributed by atoms with Crippen LogP contribution in [-0.2, 0) is 6.54 Å². The van der Waals surface area contributed by atoms with Gasteiger partial charge in [-0.2, -0.15) is 0 Å². The van der Waals surface area contributed by atoms with E-state index in [-0.39, 0.29) is 29.2 Å². The molecule has 0 aliphatic rings. The summed E-state index contributed by atoms with van der Waals surface area (Å²) in [7, 11) is 1.35. The Bertz CT molecular complexity index is 707. The highest BCUT2D eigenvalue weighted by Crippen LogP contribution is 2.18. The fraction of sp³-hybridized carbons (Fsp3) is 0.200. The van der Waals surface area contributed by atoms with E-state index in [2.05, 4.69) is 0 Å². The third-order valence-corrected chi connectivity index (χ3v) is 3.00. The average molecular weight is 275 g/mol. The first-order chi connectivity index (χ1) is 9.52. The highest BCUT2D eigenvalue weighted by molar-refractivity contribution is 5.96. The molecular weight excluding hydrogens is 261 g/mol. The molecule has 0 fully saturated rings. The van der Waals surface area contributed by atoms with Crippen LogP contribution in [0.5, 0.6) is 5.75 Å². The van der Waals surface area contributed by atoms with Crippen molar-refractivity contribution in [3.63, 3.8) is 0 Å². The van der Waals surface area contributed by atoms with E-state index in [0.29, 0.717) is 5.56 Å². The summed E-state index contributed by atoms with van der Waals surface area (Å²) in [6.45, 7) is 1.56. The van der Waals surface area contributed by atoms with Crippen LogP contribution in [0, 0.1) is 12.7 Å². The summed E-state index contributed by atoms with van der Waals surface area (Å²) in [5, 5.41) is 0. The standard InChI is InChI=1S/C15H14FNO3/c1-10-4-3-7-17(15(10)19)9-13(18)11-5-6-14(20-2)12(16)8-11/h3-8H,9H2,1-2H3. The average Bonchev–Trinajstić information content (AvgIpc) is 2.43. The van der Waals surface area contributed by atoms with E-state index < -0.39 is 5.82 Å². The molecule has 4 nitrogen and oxygen atoms in total. The molecule has 0 saturated heterocycles. The van der Waals surface area contributed by atoms with Gasteiger partial charge in [0.2, 0.25) is 0 Å². The van der Waals surface area contributed by atoms with Crippen molar-refractivity contribution in [2.24, 2.45) is 0 Å². The monoisotopic (exact) mass is 275 g/mol. The maximum atomic E-state index is 13.5. The maximum absolute atomic E-state index is 13.5. The zero-order chi connectivity index (χ0) is 14.7. The number of aryl methyl sites for hydroxylation is 1. The number of ether oxygens (including phenoxy) is 1.